The van der Waals surface area contributed by atoms with Gasteiger partial charge in [0.1, 0.15) is 0 Å². The predicted molar refractivity (Wildman–Crippen MR) is 91.7 cm³/mol. The Morgan fingerprint density at radius 1 is 1.13 bits per heavy atom. The molecule has 1 N–H and O–H groups in total. The van der Waals surface area contributed by atoms with Gasteiger partial charge >= 0.3 is 0 Å². The summed E-state index contributed by atoms with van der Waals surface area (Å²) in [6.07, 6.45) is 3.80. The maximum absolute atomic E-state index is 11.0. The molecule has 0 amide bonds. The van der Waals surface area contributed by atoms with Crippen molar-refractivity contribution < 1.29 is 4.92 Å². The second-order valence-electron chi connectivity index (χ2n) is 6.79. The average Bonchev–Trinajstić information content (AvgIpc) is 2.94. The van der Waals surface area contributed by atoms with E-state index in [9.17, 15) is 10.1 Å². The summed E-state index contributed by atoms with van der Waals surface area (Å²) in [7, 11) is 0. The summed E-state index contributed by atoms with van der Waals surface area (Å²) in [5, 5.41) is 14.7. The molecule has 2 aromatic rings. The molecule has 4 heteroatoms. The predicted octanol–water partition coefficient (Wildman–Crippen LogP) is 4.96. The molecule has 1 saturated carbocycles. The van der Waals surface area contributed by atoms with Crippen LogP contribution in [0.5, 0.6) is 0 Å². The first-order chi connectivity index (χ1) is 11.1. The molecule has 0 spiro atoms. The normalized spacial score (nSPS) is 25.3. The van der Waals surface area contributed by atoms with Crippen molar-refractivity contribution in [1.82, 2.24) is 0 Å². The van der Waals surface area contributed by atoms with Crippen molar-refractivity contribution >= 4 is 11.4 Å². The Kier molecular flexibility index (Phi) is 3.33. The van der Waals surface area contributed by atoms with Crippen LogP contribution in [0.2, 0.25) is 0 Å². The number of nitrogens with zero attached hydrogens (tertiary/aromatic N) is 1. The van der Waals surface area contributed by atoms with Gasteiger partial charge in [-0.15, -0.1) is 0 Å². The number of anilines is 1. The molecule has 1 heterocycles. The molecule has 0 radical (unpaired) electrons. The molecule has 118 valence electrons. The first kappa shape index (κ1) is 14.2. The molecule has 1 aliphatic heterocycles. The highest BCUT2D eigenvalue weighted by Gasteiger charge is 2.37. The van der Waals surface area contributed by atoms with Crippen molar-refractivity contribution in [2.75, 3.05) is 5.32 Å². The van der Waals surface area contributed by atoms with Gasteiger partial charge in [-0.05, 0) is 47.6 Å². The highest BCUT2D eigenvalue weighted by atomic mass is 16.6. The summed E-state index contributed by atoms with van der Waals surface area (Å²) in [5.41, 5.74) is 4.74. The minimum absolute atomic E-state index is 0.144. The number of nitro groups is 1. The Bertz CT molecular complexity index is 772. The number of nitrogens with one attached hydrogen (secondary N) is 1. The van der Waals surface area contributed by atoms with Crippen LogP contribution in [-0.4, -0.2) is 11.0 Å². The lowest BCUT2D eigenvalue weighted by Gasteiger charge is -2.31. The third-order valence-corrected chi connectivity index (χ3v) is 5.38. The van der Waals surface area contributed by atoms with Gasteiger partial charge in [0.15, 0.2) is 0 Å². The van der Waals surface area contributed by atoms with Gasteiger partial charge in [0, 0.05) is 29.8 Å². The molecule has 23 heavy (non-hydrogen) atoms. The number of non-ortho nitro benzene ring substituents is 1. The average molecular weight is 308 g/mol. The summed E-state index contributed by atoms with van der Waals surface area (Å²) >= 11 is 0. The SMILES string of the molecule is CC1CCCC2c3cc(-c4cccc([N+](=O)[O-])c4)ccc3NC12. The van der Waals surface area contributed by atoms with Crippen molar-refractivity contribution in [3.8, 4) is 11.1 Å². The van der Waals surface area contributed by atoms with E-state index in [1.54, 1.807) is 12.1 Å². The minimum atomic E-state index is -0.336. The maximum atomic E-state index is 11.0. The van der Waals surface area contributed by atoms with Crippen LogP contribution in [-0.2, 0) is 0 Å². The molecule has 2 aromatic carbocycles. The molecule has 4 nitrogen and oxygen atoms in total. The first-order valence-electron chi connectivity index (χ1n) is 8.29. The number of rotatable bonds is 2. The highest BCUT2D eigenvalue weighted by Crippen LogP contribution is 2.47. The Labute approximate surface area is 135 Å². The van der Waals surface area contributed by atoms with Crippen molar-refractivity contribution in [2.24, 2.45) is 5.92 Å². The molecule has 0 saturated heterocycles. The lowest BCUT2D eigenvalue weighted by Crippen LogP contribution is -2.31. The fraction of sp³-hybridized carbons (Fsp3) is 0.368. The van der Waals surface area contributed by atoms with Gasteiger partial charge in [0.05, 0.1) is 4.92 Å². The van der Waals surface area contributed by atoms with Crippen molar-refractivity contribution in [3.05, 3.63) is 58.1 Å². The van der Waals surface area contributed by atoms with Crippen LogP contribution < -0.4 is 5.32 Å². The summed E-state index contributed by atoms with van der Waals surface area (Å²) in [6.45, 7) is 2.33. The van der Waals surface area contributed by atoms with Gasteiger partial charge in [0.2, 0.25) is 0 Å². The van der Waals surface area contributed by atoms with E-state index < -0.39 is 0 Å². The van der Waals surface area contributed by atoms with Crippen LogP contribution in [0.25, 0.3) is 11.1 Å². The molecule has 3 unspecified atom stereocenters. The lowest BCUT2D eigenvalue weighted by atomic mass is 9.76. The number of nitro benzene ring substituents is 1. The van der Waals surface area contributed by atoms with E-state index in [0.717, 1.165) is 11.1 Å². The molecule has 2 aliphatic rings. The number of hydrogen-bond donors (Lipinski definition) is 1. The number of hydrogen-bond acceptors (Lipinski definition) is 3. The van der Waals surface area contributed by atoms with Gasteiger partial charge in [-0.25, -0.2) is 0 Å². The van der Waals surface area contributed by atoms with Gasteiger partial charge < -0.3 is 5.32 Å². The summed E-state index contributed by atoms with van der Waals surface area (Å²) in [4.78, 5) is 10.7. The van der Waals surface area contributed by atoms with E-state index in [0.29, 0.717) is 17.9 Å². The quantitative estimate of drug-likeness (QED) is 0.630. The van der Waals surface area contributed by atoms with E-state index in [2.05, 4.69) is 30.4 Å². The molecule has 1 fully saturated rings. The zero-order valence-corrected chi connectivity index (χ0v) is 13.2. The van der Waals surface area contributed by atoms with Crippen LogP contribution in [0.15, 0.2) is 42.5 Å². The van der Waals surface area contributed by atoms with Crippen LogP contribution in [0, 0.1) is 16.0 Å². The van der Waals surface area contributed by atoms with Gasteiger partial charge in [-0.2, -0.15) is 0 Å². The fourth-order valence-electron chi connectivity index (χ4n) is 4.17. The van der Waals surface area contributed by atoms with Gasteiger partial charge in [0.25, 0.3) is 5.69 Å². The molecule has 0 aromatic heterocycles. The van der Waals surface area contributed by atoms with E-state index in [-0.39, 0.29) is 10.6 Å². The standard InChI is InChI=1S/C19H20N2O2/c1-12-4-2-7-16-17-11-14(8-9-18(17)20-19(12)16)13-5-3-6-15(10-13)21(22)23/h3,5-6,8-12,16,19-20H,2,4,7H2,1H3. The summed E-state index contributed by atoms with van der Waals surface area (Å²) in [5.74, 6) is 1.27. The van der Waals surface area contributed by atoms with Crippen molar-refractivity contribution in [3.63, 3.8) is 0 Å². The second-order valence-corrected chi connectivity index (χ2v) is 6.79. The van der Waals surface area contributed by atoms with Gasteiger partial charge in [-0.1, -0.05) is 31.5 Å². The number of benzene rings is 2. The van der Waals surface area contributed by atoms with Crippen LogP contribution in [0.1, 0.15) is 37.7 Å². The maximum Gasteiger partial charge on any atom is 0.270 e. The van der Waals surface area contributed by atoms with E-state index in [1.807, 2.05) is 6.07 Å². The molecular formula is C19H20N2O2. The van der Waals surface area contributed by atoms with E-state index >= 15 is 0 Å². The lowest BCUT2D eigenvalue weighted by molar-refractivity contribution is -0.384. The molecular weight excluding hydrogens is 288 g/mol. The van der Waals surface area contributed by atoms with Crippen LogP contribution in [0.3, 0.4) is 0 Å². The Hall–Kier alpha value is -2.36. The monoisotopic (exact) mass is 308 g/mol. The molecule has 4 rings (SSSR count). The Morgan fingerprint density at radius 3 is 2.78 bits per heavy atom. The minimum Gasteiger partial charge on any atom is -0.381 e. The third kappa shape index (κ3) is 2.38. The summed E-state index contributed by atoms with van der Waals surface area (Å²) in [6, 6.07) is 13.9. The van der Waals surface area contributed by atoms with E-state index in [1.165, 1.54) is 36.6 Å². The zero-order valence-electron chi connectivity index (χ0n) is 13.2. The van der Waals surface area contributed by atoms with Crippen LogP contribution in [0.4, 0.5) is 11.4 Å². The highest BCUT2D eigenvalue weighted by molar-refractivity contribution is 5.72. The first-order valence-corrected chi connectivity index (χ1v) is 8.29. The molecule has 0 bridgehead atoms. The Balaban J connectivity index is 1.73. The number of fused-ring (bicyclic) bond motifs is 3. The molecule has 1 aliphatic carbocycles. The van der Waals surface area contributed by atoms with Crippen molar-refractivity contribution in [2.45, 2.75) is 38.1 Å². The summed E-state index contributed by atoms with van der Waals surface area (Å²) < 4.78 is 0. The second kappa shape index (κ2) is 5.37. The zero-order chi connectivity index (χ0) is 16.0. The van der Waals surface area contributed by atoms with Gasteiger partial charge in [-0.3, -0.25) is 10.1 Å². The topological polar surface area (TPSA) is 55.2 Å². The van der Waals surface area contributed by atoms with E-state index in [4.69, 9.17) is 0 Å². The van der Waals surface area contributed by atoms with Crippen molar-refractivity contribution in [1.29, 1.82) is 0 Å². The molecule has 3 atom stereocenters. The smallest absolute Gasteiger partial charge is 0.270 e. The fourth-order valence-corrected chi connectivity index (χ4v) is 4.17. The largest absolute Gasteiger partial charge is 0.381 e. The Morgan fingerprint density at radius 2 is 1.96 bits per heavy atom. The third-order valence-electron chi connectivity index (χ3n) is 5.38. The van der Waals surface area contributed by atoms with Crippen LogP contribution >= 0.6 is 0 Å².